The normalized spacial score (nSPS) is 10.4. The number of nitrogens with two attached hydrogens (primary N) is 1. The highest BCUT2D eigenvalue weighted by molar-refractivity contribution is 7.80. The van der Waals surface area contributed by atoms with Gasteiger partial charge in [0.1, 0.15) is 4.99 Å². The number of likely N-dealkylation sites (N-methyl/N-ethyl adjacent to an activating group) is 1. The van der Waals surface area contributed by atoms with Crippen LogP contribution in [-0.2, 0) is 4.79 Å². The summed E-state index contributed by atoms with van der Waals surface area (Å²) >= 11 is 10.9. The van der Waals surface area contributed by atoms with Crippen LogP contribution in [0.25, 0.3) is 0 Å². The molecule has 0 aliphatic rings. The summed E-state index contributed by atoms with van der Waals surface area (Å²) < 4.78 is 0. The second kappa shape index (κ2) is 6.73. The van der Waals surface area contributed by atoms with Crippen LogP contribution in [0, 0.1) is 0 Å². The number of amides is 1. The van der Waals surface area contributed by atoms with Crippen molar-refractivity contribution < 1.29 is 4.79 Å². The first-order valence-corrected chi connectivity index (χ1v) is 6.69. The Hall–Kier alpha value is -1.33. The van der Waals surface area contributed by atoms with E-state index in [1.54, 1.807) is 23.1 Å². The van der Waals surface area contributed by atoms with Gasteiger partial charge in [0.2, 0.25) is 5.91 Å². The number of carbonyl (C=O) groups excluding carboxylic acids is 1. The monoisotopic (exact) mass is 299 g/mol. The van der Waals surface area contributed by atoms with E-state index in [4.69, 9.17) is 29.6 Å². The molecule has 1 amide bonds. The van der Waals surface area contributed by atoms with Crippen molar-refractivity contribution in [2.45, 2.75) is 19.9 Å². The maximum Gasteiger partial charge on any atom is 0.239 e. The van der Waals surface area contributed by atoms with Crippen molar-refractivity contribution in [1.82, 2.24) is 5.32 Å². The van der Waals surface area contributed by atoms with Crippen molar-refractivity contribution in [2.24, 2.45) is 5.73 Å². The largest absolute Gasteiger partial charge is 0.389 e. The zero-order valence-electron chi connectivity index (χ0n) is 11.2. The number of benzene rings is 1. The Balaban J connectivity index is 2.90. The zero-order chi connectivity index (χ0) is 14.6. The number of halogens is 1. The fourth-order valence-electron chi connectivity index (χ4n) is 1.71. The lowest BCUT2D eigenvalue weighted by Crippen LogP contribution is -2.39. The smallest absolute Gasteiger partial charge is 0.239 e. The number of nitrogens with one attached hydrogen (secondary N) is 1. The van der Waals surface area contributed by atoms with E-state index >= 15 is 0 Å². The molecule has 0 spiro atoms. The topological polar surface area (TPSA) is 58.4 Å². The van der Waals surface area contributed by atoms with E-state index in [-0.39, 0.29) is 23.5 Å². The third kappa shape index (κ3) is 4.69. The lowest BCUT2D eigenvalue weighted by Gasteiger charge is -2.22. The van der Waals surface area contributed by atoms with Gasteiger partial charge < -0.3 is 16.0 Å². The first kappa shape index (κ1) is 15.7. The summed E-state index contributed by atoms with van der Waals surface area (Å²) in [5.41, 5.74) is 7.13. The number of carbonyl (C=O) groups is 1. The summed E-state index contributed by atoms with van der Waals surface area (Å²) in [5.74, 6) is -0.0543. The number of thiocarbonyl (C=S) groups is 1. The predicted molar refractivity (Wildman–Crippen MR) is 83.9 cm³/mol. The van der Waals surface area contributed by atoms with Gasteiger partial charge in [0, 0.05) is 29.4 Å². The van der Waals surface area contributed by atoms with Crippen molar-refractivity contribution in [1.29, 1.82) is 0 Å². The van der Waals surface area contributed by atoms with Crippen molar-refractivity contribution in [3.8, 4) is 0 Å². The number of rotatable bonds is 5. The molecule has 1 rings (SSSR count). The van der Waals surface area contributed by atoms with Crippen LogP contribution in [-0.4, -0.2) is 30.5 Å². The molecule has 6 heteroatoms. The van der Waals surface area contributed by atoms with Gasteiger partial charge in [-0.25, -0.2) is 0 Å². The van der Waals surface area contributed by atoms with Gasteiger partial charge in [-0.1, -0.05) is 23.8 Å². The van der Waals surface area contributed by atoms with Gasteiger partial charge in [0.25, 0.3) is 0 Å². The minimum atomic E-state index is -0.0543. The molecule has 3 N–H and O–H groups in total. The van der Waals surface area contributed by atoms with E-state index in [2.05, 4.69) is 5.32 Å². The van der Waals surface area contributed by atoms with Crippen LogP contribution in [0.1, 0.15) is 19.4 Å². The number of hydrogen-bond donors (Lipinski definition) is 2. The summed E-state index contributed by atoms with van der Waals surface area (Å²) in [6.45, 7) is 4.07. The van der Waals surface area contributed by atoms with Crippen molar-refractivity contribution in [2.75, 3.05) is 18.5 Å². The molecule has 104 valence electrons. The first-order chi connectivity index (χ1) is 8.81. The molecule has 0 saturated carbocycles. The SMILES string of the molecule is CC(C)NC(=O)CN(C)c1ccc(Cl)cc1C(N)=S. The fraction of sp³-hybridized carbons (Fsp3) is 0.385. The maximum absolute atomic E-state index is 11.7. The molecule has 1 aromatic carbocycles. The molecule has 4 nitrogen and oxygen atoms in total. The standard InChI is InChI=1S/C13H18ClN3OS/c1-8(2)16-12(18)7-17(3)11-5-4-9(14)6-10(11)13(15)19/h4-6,8H,7H2,1-3H3,(H2,15,19)(H,16,18). The third-order valence-corrected chi connectivity index (χ3v) is 2.92. The molecule has 0 aliphatic carbocycles. The average Bonchev–Trinajstić information content (AvgIpc) is 2.27. The third-order valence-electron chi connectivity index (χ3n) is 2.47. The molecule has 0 aromatic heterocycles. The minimum Gasteiger partial charge on any atom is -0.389 e. The number of nitrogens with zero attached hydrogens (tertiary/aromatic N) is 1. The molecular weight excluding hydrogens is 282 g/mol. The van der Waals surface area contributed by atoms with Crippen LogP contribution in [0.15, 0.2) is 18.2 Å². The van der Waals surface area contributed by atoms with Gasteiger partial charge in [-0.15, -0.1) is 0 Å². The fourth-order valence-corrected chi connectivity index (χ4v) is 2.04. The summed E-state index contributed by atoms with van der Waals surface area (Å²) in [7, 11) is 1.81. The van der Waals surface area contributed by atoms with E-state index in [1.807, 2.05) is 20.9 Å². The first-order valence-electron chi connectivity index (χ1n) is 5.91. The molecule has 0 bridgehead atoms. The zero-order valence-corrected chi connectivity index (χ0v) is 12.8. The Labute approximate surface area is 123 Å². The number of hydrogen-bond acceptors (Lipinski definition) is 3. The highest BCUT2D eigenvalue weighted by Gasteiger charge is 2.13. The molecule has 0 unspecified atom stereocenters. The summed E-state index contributed by atoms with van der Waals surface area (Å²) in [4.78, 5) is 13.8. The molecule has 0 heterocycles. The van der Waals surface area contributed by atoms with Gasteiger partial charge in [-0.05, 0) is 32.0 Å². The molecule has 1 aromatic rings. The molecule has 0 fully saturated rings. The van der Waals surface area contributed by atoms with Crippen molar-refractivity contribution in [3.63, 3.8) is 0 Å². The molecule has 19 heavy (non-hydrogen) atoms. The van der Waals surface area contributed by atoms with Gasteiger partial charge in [0.15, 0.2) is 0 Å². The highest BCUT2D eigenvalue weighted by atomic mass is 35.5. The molecular formula is C13H18ClN3OS. The van der Waals surface area contributed by atoms with E-state index in [1.165, 1.54) is 0 Å². The van der Waals surface area contributed by atoms with Crippen LogP contribution in [0.3, 0.4) is 0 Å². The Morgan fingerprint density at radius 3 is 2.68 bits per heavy atom. The van der Waals surface area contributed by atoms with Crippen LogP contribution < -0.4 is 16.0 Å². The maximum atomic E-state index is 11.7. The Bertz CT molecular complexity index is 491. The van der Waals surface area contributed by atoms with Gasteiger partial charge in [-0.2, -0.15) is 0 Å². The minimum absolute atomic E-state index is 0.0543. The summed E-state index contributed by atoms with van der Waals surface area (Å²) in [6, 6.07) is 5.37. The van der Waals surface area contributed by atoms with E-state index in [9.17, 15) is 4.79 Å². The molecule has 0 atom stereocenters. The number of anilines is 1. The lowest BCUT2D eigenvalue weighted by molar-refractivity contribution is -0.120. The van der Waals surface area contributed by atoms with Crippen LogP contribution in [0.4, 0.5) is 5.69 Å². The second-order valence-corrected chi connectivity index (χ2v) is 5.48. The van der Waals surface area contributed by atoms with Crippen molar-refractivity contribution in [3.05, 3.63) is 28.8 Å². The average molecular weight is 300 g/mol. The Kier molecular flexibility index (Phi) is 5.57. The molecule has 0 aliphatic heterocycles. The van der Waals surface area contributed by atoms with Crippen LogP contribution in [0.5, 0.6) is 0 Å². The van der Waals surface area contributed by atoms with Gasteiger partial charge in [0.05, 0.1) is 6.54 Å². The van der Waals surface area contributed by atoms with Gasteiger partial charge >= 0.3 is 0 Å². The molecule has 0 saturated heterocycles. The van der Waals surface area contributed by atoms with Gasteiger partial charge in [-0.3, -0.25) is 4.79 Å². The van der Waals surface area contributed by atoms with E-state index < -0.39 is 0 Å². The quantitative estimate of drug-likeness (QED) is 0.816. The highest BCUT2D eigenvalue weighted by Crippen LogP contribution is 2.23. The summed E-state index contributed by atoms with van der Waals surface area (Å²) in [6.07, 6.45) is 0. The predicted octanol–water partition coefficient (Wildman–Crippen LogP) is 1.93. The molecule has 0 radical (unpaired) electrons. The van der Waals surface area contributed by atoms with Crippen molar-refractivity contribution >= 4 is 40.4 Å². The van der Waals surface area contributed by atoms with Crippen LogP contribution >= 0.6 is 23.8 Å². The van der Waals surface area contributed by atoms with Crippen LogP contribution in [0.2, 0.25) is 5.02 Å². The Morgan fingerprint density at radius 1 is 1.53 bits per heavy atom. The summed E-state index contributed by atoms with van der Waals surface area (Å²) in [5, 5.41) is 3.39. The Morgan fingerprint density at radius 2 is 2.16 bits per heavy atom. The lowest BCUT2D eigenvalue weighted by atomic mass is 10.1. The van der Waals surface area contributed by atoms with E-state index in [0.717, 1.165) is 5.69 Å². The van der Waals surface area contributed by atoms with E-state index in [0.29, 0.717) is 10.6 Å². The second-order valence-electron chi connectivity index (χ2n) is 4.60.